The van der Waals surface area contributed by atoms with Crippen molar-refractivity contribution in [2.75, 3.05) is 31.1 Å². The molecule has 0 aromatic heterocycles. The monoisotopic (exact) mass is 398 g/mol. The highest BCUT2D eigenvalue weighted by atomic mass is 32.2. The summed E-state index contributed by atoms with van der Waals surface area (Å²) in [7, 11) is 0. The van der Waals surface area contributed by atoms with Crippen molar-refractivity contribution in [1.29, 1.82) is 0 Å². The van der Waals surface area contributed by atoms with E-state index < -0.39 is 5.60 Å². The predicted molar refractivity (Wildman–Crippen MR) is 109 cm³/mol. The minimum Gasteiger partial charge on any atom is -0.360 e. The van der Waals surface area contributed by atoms with E-state index in [4.69, 9.17) is 4.74 Å². The van der Waals surface area contributed by atoms with Crippen molar-refractivity contribution in [1.82, 2.24) is 9.80 Å². The molecule has 5 nitrogen and oxygen atoms in total. The highest BCUT2D eigenvalue weighted by molar-refractivity contribution is 7.99. The molecule has 1 spiro atoms. The van der Waals surface area contributed by atoms with E-state index in [0.717, 1.165) is 30.2 Å². The third-order valence-corrected chi connectivity index (χ3v) is 7.67. The number of fused-ring (bicyclic) bond motifs is 1. The van der Waals surface area contributed by atoms with Crippen LogP contribution in [-0.2, 0) is 20.9 Å². The number of hydrogen-bond acceptors (Lipinski definition) is 4. The van der Waals surface area contributed by atoms with Gasteiger partial charge in [-0.1, -0.05) is 30.4 Å². The van der Waals surface area contributed by atoms with Crippen LogP contribution in [0.1, 0.15) is 16.7 Å². The molecule has 148 valence electrons. The number of rotatable bonds is 3. The van der Waals surface area contributed by atoms with Gasteiger partial charge in [-0.15, -0.1) is 0 Å². The van der Waals surface area contributed by atoms with E-state index in [1.54, 1.807) is 0 Å². The second-order valence-electron chi connectivity index (χ2n) is 8.45. The number of benzene rings is 1. The Labute approximate surface area is 170 Å². The highest BCUT2D eigenvalue weighted by Crippen LogP contribution is 2.52. The number of likely N-dealkylation sites (tertiary alicyclic amines) is 1. The van der Waals surface area contributed by atoms with Gasteiger partial charge in [0.2, 0.25) is 11.8 Å². The number of thioether (sulfide) groups is 1. The molecule has 3 fully saturated rings. The third kappa shape index (κ3) is 2.72. The molecule has 4 aliphatic heterocycles. The summed E-state index contributed by atoms with van der Waals surface area (Å²) in [5, 5.41) is 0. The van der Waals surface area contributed by atoms with Crippen LogP contribution in [0.2, 0.25) is 0 Å². The van der Waals surface area contributed by atoms with E-state index >= 15 is 0 Å². The number of carbonyl (C=O) groups is 2. The minimum absolute atomic E-state index is 0.0646. The Morgan fingerprint density at radius 1 is 1.25 bits per heavy atom. The smallest absolute Gasteiger partial charge is 0.230 e. The quantitative estimate of drug-likeness (QED) is 0.733. The lowest BCUT2D eigenvalue weighted by Gasteiger charge is -2.32. The van der Waals surface area contributed by atoms with Crippen LogP contribution in [0, 0.1) is 25.7 Å². The molecule has 0 saturated carbocycles. The van der Waals surface area contributed by atoms with E-state index in [-0.39, 0.29) is 29.8 Å². The van der Waals surface area contributed by atoms with Crippen LogP contribution in [0.25, 0.3) is 0 Å². The number of hydrogen-bond donors (Lipinski definition) is 0. The van der Waals surface area contributed by atoms with Crippen molar-refractivity contribution in [3.8, 4) is 0 Å². The average Bonchev–Trinajstić information content (AvgIpc) is 3.33. The van der Waals surface area contributed by atoms with Crippen molar-refractivity contribution in [2.24, 2.45) is 11.8 Å². The fraction of sp³-hybridized carbons (Fsp3) is 0.545. The molecular formula is C22H26N2O3S. The van der Waals surface area contributed by atoms with Gasteiger partial charge in [-0.25, -0.2) is 0 Å². The Hall–Kier alpha value is -1.79. The molecule has 5 rings (SSSR count). The largest absolute Gasteiger partial charge is 0.360 e. The summed E-state index contributed by atoms with van der Waals surface area (Å²) in [6.07, 6.45) is 3.79. The normalized spacial score (nSPS) is 33.6. The molecule has 0 aliphatic carbocycles. The van der Waals surface area contributed by atoms with Crippen LogP contribution < -0.4 is 0 Å². The first-order chi connectivity index (χ1) is 13.5. The van der Waals surface area contributed by atoms with Crippen molar-refractivity contribution in [3.05, 3.63) is 47.0 Å². The number of aryl methyl sites for hydroxylation is 2. The van der Waals surface area contributed by atoms with E-state index in [9.17, 15) is 9.59 Å². The van der Waals surface area contributed by atoms with Gasteiger partial charge in [-0.05, 0) is 30.5 Å². The van der Waals surface area contributed by atoms with Gasteiger partial charge in [0.05, 0.1) is 24.5 Å². The molecule has 4 atom stereocenters. The van der Waals surface area contributed by atoms with Crippen LogP contribution in [0.3, 0.4) is 0 Å². The molecule has 4 heterocycles. The Morgan fingerprint density at radius 2 is 2.04 bits per heavy atom. The zero-order valence-corrected chi connectivity index (χ0v) is 17.2. The van der Waals surface area contributed by atoms with Gasteiger partial charge >= 0.3 is 0 Å². The summed E-state index contributed by atoms with van der Waals surface area (Å²) in [5.74, 6) is 1.37. The maximum atomic E-state index is 13.4. The molecule has 1 aromatic carbocycles. The summed E-state index contributed by atoms with van der Waals surface area (Å²) in [6.45, 7) is 6.85. The lowest BCUT2D eigenvalue weighted by atomic mass is 9.76. The van der Waals surface area contributed by atoms with Crippen LogP contribution in [-0.4, -0.2) is 64.5 Å². The molecule has 3 saturated heterocycles. The van der Waals surface area contributed by atoms with Crippen molar-refractivity contribution < 1.29 is 14.3 Å². The van der Waals surface area contributed by atoms with E-state index in [0.29, 0.717) is 13.1 Å². The lowest BCUT2D eigenvalue weighted by Crippen LogP contribution is -2.48. The van der Waals surface area contributed by atoms with Gasteiger partial charge < -0.3 is 14.5 Å². The predicted octanol–water partition coefficient (Wildman–Crippen LogP) is 2.16. The van der Waals surface area contributed by atoms with Crippen molar-refractivity contribution >= 4 is 23.6 Å². The number of amides is 2. The summed E-state index contributed by atoms with van der Waals surface area (Å²) in [5.41, 5.74) is 2.99. The lowest BCUT2D eigenvalue weighted by molar-refractivity contribution is -0.143. The van der Waals surface area contributed by atoms with Crippen molar-refractivity contribution in [2.45, 2.75) is 32.1 Å². The van der Waals surface area contributed by atoms with Crippen LogP contribution in [0.5, 0.6) is 0 Å². The van der Waals surface area contributed by atoms with Crippen LogP contribution >= 0.6 is 11.8 Å². The second-order valence-corrected chi connectivity index (χ2v) is 9.68. The average molecular weight is 399 g/mol. The Morgan fingerprint density at radius 3 is 2.79 bits per heavy atom. The first kappa shape index (κ1) is 18.3. The zero-order valence-electron chi connectivity index (χ0n) is 16.4. The Balaban J connectivity index is 1.39. The van der Waals surface area contributed by atoms with Crippen LogP contribution in [0.4, 0.5) is 0 Å². The van der Waals surface area contributed by atoms with E-state index in [1.165, 1.54) is 11.1 Å². The van der Waals surface area contributed by atoms with Crippen LogP contribution in [0.15, 0.2) is 30.4 Å². The van der Waals surface area contributed by atoms with E-state index in [1.807, 2.05) is 33.7 Å². The van der Waals surface area contributed by atoms with E-state index in [2.05, 4.69) is 32.0 Å². The first-order valence-electron chi connectivity index (χ1n) is 10.1. The first-order valence-corrected chi connectivity index (χ1v) is 11.2. The maximum Gasteiger partial charge on any atom is 0.230 e. The summed E-state index contributed by atoms with van der Waals surface area (Å²) >= 11 is 1.88. The molecule has 28 heavy (non-hydrogen) atoms. The summed E-state index contributed by atoms with van der Waals surface area (Å²) in [6, 6.07) is 6.34. The Bertz CT molecular complexity index is 863. The molecule has 0 N–H and O–H groups in total. The van der Waals surface area contributed by atoms with Gasteiger partial charge in [0.1, 0.15) is 5.60 Å². The minimum atomic E-state index is -0.619. The number of nitrogens with zero attached hydrogens (tertiary/aromatic N) is 2. The summed E-state index contributed by atoms with van der Waals surface area (Å²) < 4.78 is 6.26. The fourth-order valence-corrected chi connectivity index (χ4v) is 6.01. The van der Waals surface area contributed by atoms with Gasteiger partial charge in [0, 0.05) is 31.1 Å². The van der Waals surface area contributed by atoms with Gasteiger partial charge in [-0.3, -0.25) is 9.59 Å². The zero-order chi connectivity index (χ0) is 19.5. The topological polar surface area (TPSA) is 49.9 Å². The fourth-order valence-electron chi connectivity index (χ4n) is 5.11. The number of carbonyl (C=O) groups excluding carboxylic acids is 2. The SMILES string of the molecule is Cc1ccc(CN2C[C@@]34C=C[C@@H](O3)C(C(=O)N3CCSCC3)C4C2=O)cc1C. The number of ether oxygens (including phenoxy) is 1. The van der Waals surface area contributed by atoms with Gasteiger partial charge in [-0.2, -0.15) is 11.8 Å². The molecule has 0 radical (unpaired) electrons. The molecule has 6 heteroatoms. The molecule has 2 bridgehead atoms. The molecule has 1 aromatic rings. The third-order valence-electron chi connectivity index (χ3n) is 6.73. The highest BCUT2D eigenvalue weighted by Gasteiger charge is 2.67. The second kappa shape index (κ2) is 6.63. The standard InChI is InChI=1S/C22H26N2O3S/c1-14-3-4-16(11-15(14)2)12-24-13-22-6-5-17(27-22)18(19(22)21(24)26)20(25)23-7-9-28-10-8-23/h3-6,11,17-19H,7-10,12-13H2,1-2H3/t17-,18?,19?,22-/m1/s1. The maximum absolute atomic E-state index is 13.4. The molecular weight excluding hydrogens is 372 g/mol. The van der Waals surface area contributed by atoms with Gasteiger partial charge in [0.15, 0.2) is 0 Å². The van der Waals surface area contributed by atoms with Crippen molar-refractivity contribution in [3.63, 3.8) is 0 Å². The summed E-state index contributed by atoms with van der Waals surface area (Å²) in [4.78, 5) is 30.4. The Kier molecular flexibility index (Phi) is 4.32. The molecule has 2 unspecified atom stereocenters. The molecule has 4 aliphatic rings. The molecule has 2 amide bonds. The van der Waals surface area contributed by atoms with Gasteiger partial charge in [0.25, 0.3) is 0 Å².